The SMILES string of the molecule is COc1cccc(-c2noc(CN3c4ccccc4CC3C)n2)c1. The maximum Gasteiger partial charge on any atom is 0.246 e. The molecule has 0 bridgehead atoms. The number of ether oxygens (including phenoxy) is 1. The number of aromatic nitrogens is 2. The summed E-state index contributed by atoms with van der Waals surface area (Å²) in [6, 6.07) is 16.6. The summed E-state index contributed by atoms with van der Waals surface area (Å²) in [5.74, 6) is 1.99. The van der Waals surface area contributed by atoms with Crippen molar-refractivity contribution in [2.24, 2.45) is 0 Å². The van der Waals surface area contributed by atoms with E-state index in [1.54, 1.807) is 7.11 Å². The number of nitrogens with zero attached hydrogens (tertiary/aromatic N) is 3. The first-order valence-electron chi connectivity index (χ1n) is 8.06. The van der Waals surface area contributed by atoms with Crippen LogP contribution >= 0.6 is 0 Å². The molecule has 5 nitrogen and oxygen atoms in total. The molecular formula is C19H19N3O2. The molecule has 122 valence electrons. The van der Waals surface area contributed by atoms with Crippen LogP contribution in [0.2, 0.25) is 0 Å². The van der Waals surface area contributed by atoms with E-state index in [1.165, 1.54) is 11.3 Å². The Bertz CT molecular complexity index is 859. The third kappa shape index (κ3) is 2.62. The molecular weight excluding hydrogens is 302 g/mol. The van der Waals surface area contributed by atoms with Crippen molar-refractivity contribution in [1.29, 1.82) is 0 Å². The molecule has 4 rings (SSSR count). The Morgan fingerprint density at radius 3 is 2.96 bits per heavy atom. The normalized spacial score (nSPS) is 16.2. The molecule has 24 heavy (non-hydrogen) atoms. The first-order chi connectivity index (χ1) is 11.7. The largest absolute Gasteiger partial charge is 0.497 e. The molecule has 3 aromatic rings. The van der Waals surface area contributed by atoms with Crippen molar-refractivity contribution >= 4 is 5.69 Å². The Hall–Kier alpha value is -2.82. The second kappa shape index (κ2) is 6.00. The van der Waals surface area contributed by atoms with Gasteiger partial charge in [0.2, 0.25) is 11.7 Å². The average Bonchev–Trinajstić information content (AvgIpc) is 3.20. The van der Waals surface area contributed by atoms with Crippen LogP contribution in [0.5, 0.6) is 5.75 Å². The zero-order valence-electron chi connectivity index (χ0n) is 13.8. The van der Waals surface area contributed by atoms with Crippen LogP contribution in [0.1, 0.15) is 18.4 Å². The van der Waals surface area contributed by atoms with Gasteiger partial charge in [-0.2, -0.15) is 4.98 Å². The van der Waals surface area contributed by atoms with Crippen molar-refractivity contribution in [2.45, 2.75) is 25.9 Å². The van der Waals surface area contributed by atoms with Crippen molar-refractivity contribution in [3.63, 3.8) is 0 Å². The lowest BCUT2D eigenvalue weighted by Crippen LogP contribution is -2.28. The lowest BCUT2D eigenvalue weighted by molar-refractivity contribution is 0.374. The predicted molar refractivity (Wildman–Crippen MR) is 92.1 cm³/mol. The third-order valence-corrected chi connectivity index (χ3v) is 4.45. The maximum absolute atomic E-state index is 5.47. The van der Waals surface area contributed by atoms with Crippen LogP contribution in [0.3, 0.4) is 0 Å². The van der Waals surface area contributed by atoms with E-state index in [9.17, 15) is 0 Å². The quantitative estimate of drug-likeness (QED) is 0.733. The fourth-order valence-corrected chi connectivity index (χ4v) is 3.21. The van der Waals surface area contributed by atoms with Crippen LogP contribution in [-0.2, 0) is 13.0 Å². The summed E-state index contributed by atoms with van der Waals surface area (Å²) < 4.78 is 10.7. The molecule has 1 aliphatic rings. The van der Waals surface area contributed by atoms with Crippen LogP contribution in [0.4, 0.5) is 5.69 Å². The van der Waals surface area contributed by atoms with Crippen molar-refractivity contribution < 1.29 is 9.26 Å². The molecule has 0 amide bonds. The van der Waals surface area contributed by atoms with Gasteiger partial charge in [0.25, 0.3) is 0 Å². The highest BCUT2D eigenvalue weighted by Crippen LogP contribution is 2.33. The van der Waals surface area contributed by atoms with Crippen molar-refractivity contribution in [3.05, 3.63) is 60.0 Å². The zero-order valence-corrected chi connectivity index (χ0v) is 13.8. The summed E-state index contributed by atoms with van der Waals surface area (Å²) in [4.78, 5) is 6.87. The summed E-state index contributed by atoms with van der Waals surface area (Å²) in [6.45, 7) is 2.84. The van der Waals surface area contributed by atoms with E-state index in [0.29, 0.717) is 24.3 Å². The Morgan fingerprint density at radius 2 is 2.08 bits per heavy atom. The molecule has 2 heterocycles. The lowest BCUT2D eigenvalue weighted by atomic mass is 10.1. The highest BCUT2D eigenvalue weighted by molar-refractivity contribution is 5.59. The minimum Gasteiger partial charge on any atom is -0.497 e. The van der Waals surface area contributed by atoms with E-state index in [4.69, 9.17) is 9.26 Å². The molecule has 1 unspecified atom stereocenters. The summed E-state index contributed by atoms with van der Waals surface area (Å²) in [5.41, 5.74) is 3.52. The van der Waals surface area contributed by atoms with Gasteiger partial charge in [-0.15, -0.1) is 0 Å². The van der Waals surface area contributed by atoms with Crippen LogP contribution in [0.25, 0.3) is 11.4 Å². The number of hydrogen-bond donors (Lipinski definition) is 0. The fourth-order valence-electron chi connectivity index (χ4n) is 3.21. The first-order valence-corrected chi connectivity index (χ1v) is 8.06. The van der Waals surface area contributed by atoms with Gasteiger partial charge in [0.1, 0.15) is 5.75 Å². The highest BCUT2D eigenvalue weighted by atomic mass is 16.5. The van der Waals surface area contributed by atoms with Crippen molar-refractivity contribution in [1.82, 2.24) is 10.1 Å². The molecule has 0 saturated heterocycles. The van der Waals surface area contributed by atoms with E-state index in [-0.39, 0.29) is 0 Å². The fraction of sp³-hybridized carbons (Fsp3) is 0.263. The predicted octanol–water partition coefficient (Wildman–Crippen LogP) is 3.70. The molecule has 0 spiro atoms. The summed E-state index contributed by atoms with van der Waals surface area (Å²) in [7, 11) is 1.65. The van der Waals surface area contributed by atoms with Gasteiger partial charge in [0.05, 0.1) is 13.7 Å². The molecule has 0 radical (unpaired) electrons. The number of anilines is 1. The van der Waals surface area contributed by atoms with E-state index in [0.717, 1.165) is 17.7 Å². The smallest absolute Gasteiger partial charge is 0.246 e. The van der Waals surface area contributed by atoms with E-state index in [2.05, 4.69) is 46.2 Å². The van der Waals surface area contributed by atoms with Gasteiger partial charge >= 0.3 is 0 Å². The summed E-state index contributed by atoms with van der Waals surface area (Å²) in [6.07, 6.45) is 1.05. The number of benzene rings is 2. The second-order valence-electron chi connectivity index (χ2n) is 6.05. The average molecular weight is 321 g/mol. The lowest BCUT2D eigenvalue weighted by Gasteiger charge is -2.22. The number of fused-ring (bicyclic) bond motifs is 1. The van der Waals surface area contributed by atoms with Crippen LogP contribution < -0.4 is 9.64 Å². The monoisotopic (exact) mass is 321 g/mol. The van der Waals surface area contributed by atoms with Crippen LogP contribution in [0.15, 0.2) is 53.1 Å². The topological polar surface area (TPSA) is 51.4 Å². The molecule has 0 fully saturated rings. The Kier molecular flexibility index (Phi) is 3.69. The molecule has 0 aliphatic carbocycles. The van der Waals surface area contributed by atoms with Gasteiger partial charge in [-0.25, -0.2) is 0 Å². The third-order valence-electron chi connectivity index (χ3n) is 4.45. The molecule has 2 aromatic carbocycles. The number of methoxy groups -OCH3 is 1. The highest BCUT2D eigenvalue weighted by Gasteiger charge is 2.27. The van der Waals surface area contributed by atoms with Gasteiger partial charge < -0.3 is 14.2 Å². The number of hydrogen-bond acceptors (Lipinski definition) is 5. The number of para-hydroxylation sites is 1. The van der Waals surface area contributed by atoms with E-state index in [1.807, 2.05) is 24.3 Å². The Balaban J connectivity index is 1.57. The first kappa shape index (κ1) is 14.8. The van der Waals surface area contributed by atoms with Gasteiger partial charge in [0, 0.05) is 17.3 Å². The van der Waals surface area contributed by atoms with Gasteiger partial charge in [0.15, 0.2) is 0 Å². The standard InChI is InChI=1S/C19H19N3O2/c1-13-10-14-6-3-4-9-17(14)22(13)12-18-20-19(21-24-18)15-7-5-8-16(11-15)23-2/h3-9,11,13H,10,12H2,1-2H3. The minimum atomic E-state index is 0.426. The molecule has 5 heteroatoms. The van der Waals surface area contributed by atoms with E-state index >= 15 is 0 Å². The minimum absolute atomic E-state index is 0.426. The molecule has 0 N–H and O–H groups in total. The Morgan fingerprint density at radius 1 is 1.21 bits per heavy atom. The molecule has 1 atom stereocenters. The molecule has 0 saturated carbocycles. The van der Waals surface area contributed by atoms with E-state index < -0.39 is 0 Å². The van der Waals surface area contributed by atoms with Crippen LogP contribution in [0, 0.1) is 0 Å². The zero-order chi connectivity index (χ0) is 16.5. The Labute approximate surface area is 140 Å². The molecule has 1 aromatic heterocycles. The summed E-state index contributed by atoms with van der Waals surface area (Å²) >= 11 is 0. The second-order valence-corrected chi connectivity index (χ2v) is 6.05. The summed E-state index contributed by atoms with van der Waals surface area (Å²) in [5, 5.41) is 4.12. The van der Waals surface area contributed by atoms with Gasteiger partial charge in [-0.05, 0) is 37.1 Å². The van der Waals surface area contributed by atoms with Crippen LogP contribution in [-0.4, -0.2) is 23.3 Å². The molecule has 1 aliphatic heterocycles. The van der Waals surface area contributed by atoms with Crippen molar-refractivity contribution in [3.8, 4) is 17.1 Å². The maximum atomic E-state index is 5.47. The van der Waals surface area contributed by atoms with Gasteiger partial charge in [-0.1, -0.05) is 35.5 Å². The number of rotatable bonds is 4. The van der Waals surface area contributed by atoms with Crippen molar-refractivity contribution in [2.75, 3.05) is 12.0 Å². The van der Waals surface area contributed by atoms with Gasteiger partial charge in [-0.3, -0.25) is 0 Å².